The summed E-state index contributed by atoms with van der Waals surface area (Å²) >= 11 is 6.35. The highest BCUT2D eigenvalue weighted by atomic mass is 79.9. The molecule has 0 aliphatic rings. The van der Waals surface area contributed by atoms with E-state index < -0.39 is 0 Å². The monoisotopic (exact) mass is 385 g/mol. The number of aryl methyl sites for hydroxylation is 1. The largest absolute Gasteiger partial charge is 0.349 e. The fourth-order valence-electron chi connectivity index (χ4n) is 1.82. The highest BCUT2D eigenvalue weighted by molar-refractivity contribution is 9.10. The topological polar surface area (TPSA) is 54.9 Å². The van der Waals surface area contributed by atoms with Crippen molar-refractivity contribution in [2.75, 3.05) is 5.75 Å². The van der Waals surface area contributed by atoms with Crippen LogP contribution in [-0.2, 0) is 4.79 Å². The van der Waals surface area contributed by atoms with E-state index in [4.69, 9.17) is 0 Å². The van der Waals surface area contributed by atoms with E-state index in [0.717, 1.165) is 25.8 Å². The van der Waals surface area contributed by atoms with E-state index in [1.54, 1.807) is 0 Å². The summed E-state index contributed by atoms with van der Waals surface area (Å²) in [4.78, 5) is 12.0. The molecule has 1 aromatic heterocycles. The Bertz CT molecular complexity index is 601. The quantitative estimate of drug-likeness (QED) is 0.764. The van der Waals surface area contributed by atoms with Gasteiger partial charge in [-0.15, -0.1) is 10.2 Å². The number of halogens is 1. The number of thioether (sulfide) groups is 1. The third kappa shape index (κ3) is 5.09. The van der Waals surface area contributed by atoms with Crippen LogP contribution in [0.25, 0.3) is 0 Å². The summed E-state index contributed by atoms with van der Waals surface area (Å²) in [7, 11) is 0. The molecule has 0 bridgehead atoms. The van der Waals surface area contributed by atoms with Gasteiger partial charge in [0.2, 0.25) is 5.91 Å². The van der Waals surface area contributed by atoms with Crippen LogP contribution in [0, 0.1) is 6.92 Å². The van der Waals surface area contributed by atoms with Gasteiger partial charge < -0.3 is 5.32 Å². The number of nitrogens with one attached hydrogen (secondary N) is 1. The summed E-state index contributed by atoms with van der Waals surface area (Å²) in [5.41, 5.74) is 1.12. The molecule has 0 saturated heterocycles. The number of hydrogen-bond acceptors (Lipinski definition) is 5. The van der Waals surface area contributed by atoms with Gasteiger partial charge in [0.1, 0.15) is 5.01 Å². The van der Waals surface area contributed by atoms with Crippen LogP contribution in [0.1, 0.15) is 30.0 Å². The lowest BCUT2D eigenvalue weighted by Crippen LogP contribution is -2.29. The third-order valence-electron chi connectivity index (χ3n) is 2.85. The molecule has 0 saturated carbocycles. The minimum Gasteiger partial charge on any atom is -0.349 e. The highest BCUT2D eigenvalue weighted by Gasteiger charge is 2.13. The zero-order chi connectivity index (χ0) is 15.2. The van der Waals surface area contributed by atoms with Crippen LogP contribution in [0.2, 0.25) is 0 Å². The predicted octanol–water partition coefficient (Wildman–Crippen LogP) is 3.97. The maximum Gasteiger partial charge on any atom is 0.230 e. The van der Waals surface area contributed by atoms with Gasteiger partial charge in [-0.3, -0.25) is 4.79 Å². The summed E-state index contributed by atoms with van der Waals surface area (Å²) in [5.74, 6) is 0.379. The van der Waals surface area contributed by atoms with Crippen LogP contribution in [0.15, 0.2) is 33.1 Å². The summed E-state index contributed by atoms with van der Waals surface area (Å²) in [5, 5.41) is 11.9. The van der Waals surface area contributed by atoms with Crippen LogP contribution in [-0.4, -0.2) is 21.9 Å². The van der Waals surface area contributed by atoms with E-state index in [-0.39, 0.29) is 11.9 Å². The van der Waals surface area contributed by atoms with Crippen LogP contribution in [0.3, 0.4) is 0 Å². The zero-order valence-electron chi connectivity index (χ0n) is 11.8. The number of amides is 1. The van der Waals surface area contributed by atoms with Crippen molar-refractivity contribution in [3.05, 3.63) is 39.3 Å². The van der Waals surface area contributed by atoms with Crippen molar-refractivity contribution in [2.24, 2.45) is 0 Å². The Hall–Kier alpha value is -0.920. The van der Waals surface area contributed by atoms with Gasteiger partial charge >= 0.3 is 0 Å². The van der Waals surface area contributed by atoms with Crippen LogP contribution < -0.4 is 5.32 Å². The number of aromatic nitrogens is 2. The average Bonchev–Trinajstić information content (AvgIpc) is 2.89. The van der Waals surface area contributed by atoms with E-state index in [0.29, 0.717) is 5.75 Å². The van der Waals surface area contributed by atoms with Gasteiger partial charge in [0.05, 0.1) is 11.8 Å². The predicted molar refractivity (Wildman–Crippen MR) is 90.7 cm³/mol. The molecule has 1 N–H and O–H groups in total. The zero-order valence-corrected chi connectivity index (χ0v) is 15.0. The van der Waals surface area contributed by atoms with Gasteiger partial charge in [0, 0.05) is 4.47 Å². The van der Waals surface area contributed by atoms with Gasteiger partial charge in [-0.1, -0.05) is 58.1 Å². The molecule has 0 aliphatic heterocycles. The Morgan fingerprint density at radius 3 is 2.67 bits per heavy atom. The van der Waals surface area contributed by atoms with Crippen molar-refractivity contribution in [1.29, 1.82) is 0 Å². The lowest BCUT2D eigenvalue weighted by atomic mass is 10.0. The van der Waals surface area contributed by atoms with Crippen molar-refractivity contribution >= 4 is 44.9 Å². The van der Waals surface area contributed by atoms with Gasteiger partial charge in [-0.05, 0) is 31.0 Å². The molecule has 0 spiro atoms. The number of carbonyl (C=O) groups is 1. The Morgan fingerprint density at radius 1 is 1.38 bits per heavy atom. The molecule has 1 heterocycles. The first-order valence-corrected chi connectivity index (χ1v) is 9.15. The van der Waals surface area contributed by atoms with E-state index in [1.807, 2.05) is 31.2 Å². The molecule has 0 unspecified atom stereocenters. The van der Waals surface area contributed by atoms with Crippen LogP contribution in [0.4, 0.5) is 0 Å². The number of benzene rings is 1. The summed E-state index contributed by atoms with van der Waals surface area (Å²) < 4.78 is 1.87. The van der Waals surface area contributed by atoms with E-state index >= 15 is 0 Å². The number of hydrogen-bond donors (Lipinski definition) is 1. The Balaban J connectivity index is 1.89. The second kappa shape index (κ2) is 7.91. The first kappa shape index (κ1) is 16.5. The van der Waals surface area contributed by atoms with Crippen LogP contribution >= 0.6 is 39.0 Å². The van der Waals surface area contributed by atoms with Crippen molar-refractivity contribution in [2.45, 2.75) is 30.6 Å². The first-order chi connectivity index (χ1) is 10.1. The Kier molecular flexibility index (Phi) is 6.20. The molecule has 1 aromatic carbocycles. The molecule has 0 aliphatic carbocycles. The normalized spacial score (nSPS) is 12.1. The fraction of sp³-hybridized carbons (Fsp3) is 0.357. The molecule has 21 heavy (non-hydrogen) atoms. The van der Waals surface area contributed by atoms with Gasteiger partial charge in [0.25, 0.3) is 0 Å². The molecule has 2 rings (SSSR count). The van der Waals surface area contributed by atoms with E-state index in [2.05, 4.69) is 38.4 Å². The summed E-state index contributed by atoms with van der Waals surface area (Å²) in [6, 6.07) is 8.08. The SMILES string of the molecule is CC[C@H](NC(=O)CSc1nnc(C)s1)c1ccc(Br)cc1. The maximum absolute atomic E-state index is 12.0. The van der Waals surface area contributed by atoms with Crippen molar-refractivity contribution < 1.29 is 4.79 Å². The molecule has 4 nitrogen and oxygen atoms in total. The molecule has 7 heteroatoms. The molecule has 0 radical (unpaired) electrons. The van der Waals surface area contributed by atoms with E-state index in [1.165, 1.54) is 23.1 Å². The smallest absolute Gasteiger partial charge is 0.230 e. The summed E-state index contributed by atoms with van der Waals surface area (Å²) in [6.45, 7) is 3.97. The van der Waals surface area contributed by atoms with Gasteiger partial charge in [-0.25, -0.2) is 0 Å². The fourth-order valence-corrected chi connectivity index (χ4v) is 3.71. The van der Waals surface area contributed by atoms with Crippen molar-refractivity contribution in [3.8, 4) is 0 Å². The third-order valence-corrected chi connectivity index (χ3v) is 5.35. The summed E-state index contributed by atoms with van der Waals surface area (Å²) in [6.07, 6.45) is 0.857. The Labute approximate surface area is 140 Å². The second-order valence-corrected chi connectivity index (χ2v) is 7.78. The van der Waals surface area contributed by atoms with Gasteiger partial charge in [-0.2, -0.15) is 0 Å². The number of nitrogens with zero attached hydrogens (tertiary/aromatic N) is 2. The van der Waals surface area contributed by atoms with Gasteiger partial charge in [0.15, 0.2) is 4.34 Å². The van der Waals surface area contributed by atoms with Crippen LogP contribution in [0.5, 0.6) is 0 Å². The van der Waals surface area contributed by atoms with E-state index in [9.17, 15) is 4.79 Å². The minimum atomic E-state index is 0.0163. The highest BCUT2D eigenvalue weighted by Crippen LogP contribution is 2.23. The Morgan fingerprint density at radius 2 is 2.10 bits per heavy atom. The molecule has 2 aromatic rings. The first-order valence-electron chi connectivity index (χ1n) is 6.56. The molecule has 1 atom stereocenters. The second-order valence-electron chi connectivity index (χ2n) is 4.46. The lowest BCUT2D eigenvalue weighted by molar-refractivity contribution is -0.119. The number of carbonyl (C=O) groups excluding carboxylic acids is 1. The van der Waals surface area contributed by atoms with Crippen molar-refractivity contribution in [1.82, 2.24) is 15.5 Å². The number of rotatable bonds is 6. The molecule has 1 amide bonds. The minimum absolute atomic E-state index is 0.0163. The molecule has 112 valence electrons. The standard InChI is InChI=1S/C14H16BrN3OS2/c1-3-12(10-4-6-11(15)7-5-10)16-13(19)8-20-14-18-17-9(2)21-14/h4-7,12H,3,8H2,1-2H3,(H,16,19)/t12-/m0/s1. The molecule has 0 fully saturated rings. The molecular formula is C14H16BrN3OS2. The van der Waals surface area contributed by atoms with Crippen molar-refractivity contribution in [3.63, 3.8) is 0 Å². The average molecular weight is 386 g/mol. The maximum atomic E-state index is 12.0. The molecular weight excluding hydrogens is 370 g/mol. The lowest BCUT2D eigenvalue weighted by Gasteiger charge is -2.17.